The quantitative estimate of drug-likeness (QED) is 0.732. The molecule has 0 aromatic heterocycles. The lowest BCUT2D eigenvalue weighted by Crippen LogP contribution is -2.43. The van der Waals surface area contributed by atoms with E-state index in [9.17, 15) is 14.0 Å². The Balaban J connectivity index is 0.00000261. The zero-order valence-electron chi connectivity index (χ0n) is 14.8. The molecule has 2 aromatic carbocycles. The first kappa shape index (κ1) is 20.9. The number of halogens is 2. The van der Waals surface area contributed by atoms with Crippen LogP contribution in [-0.4, -0.2) is 24.4 Å². The molecule has 0 radical (unpaired) electrons. The lowest BCUT2D eigenvalue weighted by atomic mass is 10.0. The molecule has 0 spiro atoms. The summed E-state index contributed by atoms with van der Waals surface area (Å²) >= 11 is 0. The molecular weight excluding hydrogens is 369 g/mol. The van der Waals surface area contributed by atoms with Crippen molar-refractivity contribution in [3.05, 3.63) is 65.5 Å². The Bertz CT molecular complexity index is 760. The summed E-state index contributed by atoms with van der Waals surface area (Å²) in [5, 5.41) is 8.87. The van der Waals surface area contributed by atoms with Crippen molar-refractivity contribution in [1.29, 1.82) is 0 Å². The van der Waals surface area contributed by atoms with Gasteiger partial charge >= 0.3 is 0 Å². The molecule has 27 heavy (non-hydrogen) atoms. The Labute approximate surface area is 164 Å². The first-order valence-corrected chi connectivity index (χ1v) is 8.79. The van der Waals surface area contributed by atoms with Crippen LogP contribution in [0.25, 0.3) is 0 Å². The molecule has 1 heterocycles. The molecule has 0 bridgehead atoms. The van der Waals surface area contributed by atoms with Crippen molar-refractivity contribution < 1.29 is 14.0 Å². The largest absolute Gasteiger partial charge is 0.348 e. The van der Waals surface area contributed by atoms with Gasteiger partial charge in [-0.05, 0) is 61.3 Å². The van der Waals surface area contributed by atoms with Crippen LogP contribution in [-0.2, 0) is 11.3 Å². The molecule has 1 atom stereocenters. The molecule has 7 heteroatoms. The van der Waals surface area contributed by atoms with Crippen LogP contribution in [0, 0.1) is 5.82 Å². The zero-order chi connectivity index (χ0) is 18.4. The molecule has 1 aliphatic rings. The lowest BCUT2D eigenvalue weighted by Gasteiger charge is -2.22. The maximum atomic E-state index is 12.9. The topological polar surface area (TPSA) is 70.2 Å². The maximum Gasteiger partial charge on any atom is 0.251 e. The summed E-state index contributed by atoms with van der Waals surface area (Å²) in [4.78, 5) is 24.4. The molecule has 0 aliphatic carbocycles. The van der Waals surface area contributed by atoms with Crippen LogP contribution in [0.15, 0.2) is 48.5 Å². The van der Waals surface area contributed by atoms with Crippen molar-refractivity contribution in [3.8, 4) is 0 Å². The van der Waals surface area contributed by atoms with Crippen LogP contribution in [0.3, 0.4) is 0 Å². The van der Waals surface area contributed by atoms with E-state index in [2.05, 4.69) is 16.0 Å². The SMILES string of the molecule is Cl.O=C(NCc1ccc(F)cc1)c1ccc(NC(=O)C2CCCCN2)cc1. The molecule has 1 fully saturated rings. The second-order valence-electron chi connectivity index (χ2n) is 6.38. The van der Waals surface area contributed by atoms with Gasteiger partial charge in [-0.25, -0.2) is 4.39 Å². The first-order valence-electron chi connectivity index (χ1n) is 8.79. The van der Waals surface area contributed by atoms with Gasteiger partial charge in [0, 0.05) is 17.8 Å². The van der Waals surface area contributed by atoms with Gasteiger partial charge < -0.3 is 16.0 Å². The van der Waals surface area contributed by atoms with E-state index in [0.717, 1.165) is 31.4 Å². The number of carbonyl (C=O) groups excluding carboxylic acids is 2. The summed E-state index contributed by atoms with van der Waals surface area (Å²) < 4.78 is 12.9. The van der Waals surface area contributed by atoms with Crippen LogP contribution in [0.4, 0.5) is 10.1 Å². The molecule has 5 nitrogen and oxygen atoms in total. The number of anilines is 1. The van der Waals surface area contributed by atoms with E-state index in [1.165, 1.54) is 12.1 Å². The zero-order valence-corrected chi connectivity index (χ0v) is 15.7. The molecule has 1 unspecified atom stereocenters. The Morgan fingerprint density at radius 1 is 1.04 bits per heavy atom. The van der Waals surface area contributed by atoms with Crippen molar-refractivity contribution in [1.82, 2.24) is 10.6 Å². The molecule has 3 N–H and O–H groups in total. The second kappa shape index (κ2) is 10.0. The monoisotopic (exact) mass is 391 g/mol. The van der Waals surface area contributed by atoms with E-state index in [1.54, 1.807) is 36.4 Å². The minimum atomic E-state index is -0.305. The molecular formula is C20H23ClFN3O2. The standard InChI is InChI=1S/C20H22FN3O2.ClH/c21-16-8-4-14(5-9-16)13-23-19(25)15-6-10-17(11-7-15)24-20(26)18-3-1-2-12-22-18;/h4-11,18,22H,1-3,12-13H2,(H,23,25)(H,24,26);1H. The van der Waals surface area contributed by atoms with E-state index in [-0.39, 0.29) is 36.1 Å². The van der Waals surface area contributed by atoms with Crippen LogP contribution < -0.4 is 16.0 Å². The van der Waals surface area contributed by atoms with Crippen LogP contribution in [0.1, 0.15) is 35.2 Å². The fourth-order valence-corrected chi connectivity index (χ4v) is 2.90. The van der Waals surface area contributed by atoms with Gasteiger partial charge in [0.05, 0.1) is 6.04 Å². The van der Waals surface area contributed by atoms with Gasteiger partial charge in [0.25, 0.3) is 5.91 Å². The Morgan fingerprint density at radius 2 is 1.74 bits per heavy atom. The van der Waals surface area contributed by atoms with Crippen LogP contribution in [0.5, 0.6) is 0 Å². The molecule has 0 saturated carbocycles. The van der Waals surface area contributed by atoms with E-state index in [0.29, 0.717) is 17.8 Å². The first-order chi connectivity index (χ1) is 12.6. The van der Waals surface area contributed by atoms with Gasteiger partial charge in [-0.3, -0.25) is 9.59 Å². The second-order valence-corrected chi connectivity index (χ2v) is 6.38. The fourth-order valence-electron chi connectivity index (χ4n) is 2.90. The summed E-state index contributed by atoms with van der Waals surface area (Å²) in [6.45, 7) is 1.19. The number of amides is 2. The van der Waals surface area contributed by atoms with E-state index in [1.807, 2.05) is 0 Å². The van der Waals surface area contributed by atoms with Crippen molar-refractivity contribution in [2.24, 2.45) is 0 Å². The average Bonchev–Trinajstić information content (AvgIpc) is 2.68. The molecule has 3 rings (SSSR count). The highest BCUT2D eigenvalue weighted by atomic mass is 35.5. The summed E-state index contributed by atoms with van der Waals surface area (Å²) in [5.41, 5.74) is 1.99. The average molecular weight is 392 g/mol. The molecule has 2 aromatic rings. The Kier molecular flexibility index (Phi) is 7.76. The predicted octanol–water partition coefficient (Wildman–Crippen LogP) is 3.26. The number of benzene rings is 2. The Hall–Kier alpha value is -2.44. The molecule has 144 valence electrons. The predicted molar refractivity (Wildman–Crippen MR) is 106 cm³/mol. The van der Waals surface area contributed by atoms with Gasteiger partial charge in [0.2, 0.25) is 5.91 Å². The highest BCUT2D eigenvalue weighted by molar-refractivity contribution is 5.97. The Morgan fingerprint density at radius 3 is 2.37 bits per heavy atom. The van der Waals surface area contributed by atoms with Crippen molar-refractivity contribution in [2.75, 3.05) is 11.9 Å². The van der Waals surface area contributed by atoms with Crippen LogP contribution >= 0.6 is 12.4 Å². The number of hydrogen-bond acceptors (Lipinski definition) is 3. The highest BCUT2D eigenvalue weighted by Gasteiger charge is 2.20. The van der Waals surface area contributed by atoms with Gasteiger partial charge in [-0.1, -0.05) is 18.6 Å². The van der Waals surface area contributed by atoms with Crippen molar-refractivity contribution >= 4 is 29.9 Å². The molecule has 1 aliphatic heterocycles. The summed E-state index contributed by atoms with van der Waals surface area (Å²) in [6.07, 6.45) is 3.00. The third kappa shape index (κ3) is 6.05. The third-order valence-electron chi connectivity index (χ3n) is 4.41. The maximum absolute atomic E-state index is 12.9. The van der Waals surface area contributed by atoms with Crippen LogP contribution in [0.2, 0.25) is 0 Å². The number of carbonyl (C=O) groups is 2. The molecule has 1 saturated heterocycles. The third-order valence-corrected chi connectivity index (χ3v) is 4.41. The number of hydrogen-bond donors (Lipinski definition) is 3. The van der Waals surface area contributed by atoms with E-state index < -0.39 is 0 Å². The summed E-state index contributed by atoms with van der Waals surface area (Å²) in [6, 6.07) is 12.6. The van der Waals surface area contributed by atoms with E-state index in [4.69, 9.17) is 0 Å². The van der Waals surface area contributed by atoms with Gasteiger partial charge in [-0.2, -0.15) is 0 Å². The smallest absolute Gasteiger partial charge is 0.251 e. The van der Waals surface area contributed by atoms with E-state index >= 15 is 0 Å². The summed E-state index contributed by atoms with van der Waals surface area (Å²) in [7, 11) is 0. The summed E-state index contributed by atoms with van der Waals surface area (Å²) in [5.74, 6) is -0.569. The van der Waals surface area contributed by atoms with Gasteiger partial charge in [0.1, 0.15) is 5.82 Å². The lowest BCUT2D eigenvalue weighted by molar-refractivity contribution is -0.118. The van der Waals surface area contributed by atoms with Crippen molar-refractivity contribution in [2.45, 2.75) is 31.8 Å². The fraction of sp³-hybridized carbons (Fsp3) is 0.300. The number of piperidine rings is 1. The van der Waals surface area contributed by atoms with Gasteiger partial charge in [-0.15, -0.1) is 12.4 Å². The number of nitrogens with one attached hydrogen (secondary N) is 3. The number of rotatable bonds is 5. The normalized spacial score (nSPS) is 16.1. The minimum absolute atomic E-state index is 0. The highest BCUT2D eigenvalue weighted by Crippen LogP contribution is 2.13. The molecule has 2 amide bonds. The van der Waals surface area contributed by atoms with Crippen molar-refractivity contribution in [3.63, 3.8) is 0 Å². The van der Waals surface area contributed by atoms with Gasteiger partial charge in [0.15, 0.2) is 0 Å². The minimum Gasteiger partial charge on any atom is -0.348 e.